The van der Waals surface area contributed by atoms with Crippen LogP contribution in [-0.4, -0.2) is 40.5 Å². The standard InChI is InChI=1S/C18H34O4SSi2/c1-13(2)11-16(12-14(3)18(21-24-5)22-25-6)15-7-9-17(10-8-15)23(4,19)20/h7-10,13-14,16,18H,11-12,24-25H2,1-6H3. The van der Waals surface area contributed by atoms with Crippen LogP contribution in [0.25, 0.3) is 0 Å². The summed E-state index contributed by atoms with van der Waals surface area (Å²) in [6.07, 6.45) is 3.24. The monoisotopic (exact) mass is 402 g/mol. The fraction of sp³-hybridized carbons (Fsp3) is 0.667. The zero-order chi connectivity index (χ0) is 19.0. The zero-order valence-electron chi connectivity index (χ0n) is 16.5. The van der Waals surface area contributed by atoms with E-state index in [9.17, 15) is 8.42 Å². The maximum Gasteiger partial charge on any atom is 0.175 e. The van der Waals surface area contributed by atoms with Crippen LogP contribution in [0.4, 0.5) is 0 Å². The second-order valence-electron chi connectivity index (χ2n) is 7.16. The molecule has 1 aromatic carbocycles. The molecule has 0 aliphatic heterocycles. The molecule has 1 rings (SSSR count). The molecule has 0 spiro atoms. The van der Waals surface area contributed by atoms with Crippen LogP contribution in [0.2, 0.25) is 13.1 Å². The number of sulfone groups is 1. The van der Waals surface area contributed by atoms with E-state index < -0.39 is 29.4 Å². The van der Waals surface area contributed by atoms with Crippen molar-refractivity contribution in [2.24, 2.45) is 11.8 Å². The van der Waals surface area contributed by atoms with Crippen LogP contribution in [0.5, 0.6) is 0 Å². The lowest BCUT2D eigenvalue weighted by Gasteiger charge is -2.29. The Bertz CT molecular complexity index is 596. The third-order valence-electron chi connectivity index (χ3n) is 4.32. The van der Waals surface area contributed by atoms with Gasteiger partial charge in [-0.1, -0.05) is 46.0 Å². The van der Waals surface area contributed by atoms with E-state index in [2.05, 4.69) is 33.9 Å². The van der Waals surface area contributed by atoms with Crippen molar-refractivity contribution in [3.63, 3.8) is 0 Å². The van der Waals surface area contributed by atoms with Crippen molar-refractivity contribution < 1.29 is 17.3 Å². The topological polar surface area (TPSA) is 52.6 Å². The van der Waals surface area contributed by atoms with Gasteiger partial charge in [0.05, 0.1) is 4.90 Å². The van der Waals surface area contributed by atoms with Crippen molar-refractivity contribution in [3.8, 4) is 0 Å². The first-order chi connectivity index (χ1) is 11.7. The van der Waals surface area contributed by atoms with Crippen molar-refractivity contribution in [1.29, 1.82) is 0 Å². The highest BCUT2D eigenvalue weighted by molar-refractivity contribution is 7.90. The molecule has 0 heterocycles. The molecule has 2 atom stereocenters. The maximum absolute atomic E-state index is 11.7. The van der Waals surface area contributed by atoms with Gasteiger partial charge in [0.15, 0.2) is 29.4 Å². The highest BCUT2D eigenvalue weighted by atomic mass is 32.2. The Labute approximate surface area is 158 Å². The molecule has 0 N–H and O–H groups in total. The zero-order valence-corrected chi connectivity index (χ0v) is 20.1. The largest absolute Gasteiger partial charge is 0.400 e. The fourth-order valence-electron chi connectivity index (χ4n) is 3.19. The first-order valence-electron chi connectivity index (χ1n) is 9.22. The molecular weight excluding hydrogens is 368 g/mol. The number of hydrogen-bond donors (Lipinski definition) is 0. The molecule has 2 unspecified atom stereocenters. The molecule has 0 saturated carbocycles. The van der Waals surface area contributed by atoms with Gasteiger partial charge in [-0.3, -0.25) is 0 Å². The molecule has 0 aromatic heterocycles. The fourth-order valence-corrected chi connectivity index (χ4v) is 5.52. The Morgan fingerprint density at radius 2 is 1.48 bits per heavy atom. The highest BCUT2D eigenvalue weighted by Crippen LogP contribution is 2.32. The van der Waals surface area contributed by atoms with Crippen molar-refractivity contribution in [2.45, 2.75) is 63.8 Å². The summed E-state index contributed by atoms with van der Waals surface area (Å²) in [5, 5.41) is 0. The van der Waals surface area contributed by atoms with Crippen molar-refractivity contribution in [3.05, 3.63) is 29.8 Å². The second kappa shape index (κ2) is 10.6. The van der Waals surface area contributed by atoms with Gasteiger partial charge in [-0.05, 0) is 42.4 Å². The van der Waals surface area contributed by atoms with E-state index in [0.717, 1.165) is 12.8 Å². The molecule has 0 radical (unpaired) electrons. The average Bonchev–Trinajstić information content (AvgIpc) is 2.53. The van der Waals surface area contributed by atoms with Crippen LogP contribution < -0.4 is 0 Å². The van der Waals surface area contributed by atoms with Crippen LogP contribution in [0.15, 0.2) is 29.2 Å². The first-order valence-corrected chi connectivity index (χ1v) is 15.1. The molecule has 0 aliphatic rings. The Morgan fingerprint density at radius 1 is 0.960 bits per heavy atom. The predicted molar refractivity (Wildman–Crippen MR) is 110 cm³/mol. The minimum Gasteiger partial charge on any atom is -0.400 e. The van der Waals surface area contributed by atoms with E-state index in [-0.39, 0.29) is 6.29 Å². The first kappa shape index (κ1) is 22.6. The van der Waals surface area contributed by atoms with E-state index in [1.807, 2.05) is 12.1 Å². The molecule has 0 amide bonds. The summed E-state index contributed by atoms with van der Waals surface area (Å²) in [7, 11) is -4.16. The summed E-state index contributed by atoms with van der Waals surface area (Å²) in [4.78, 5) is 0.381. The van der Waals surface area contributed by atoms with Crippen molar-refractivity contribution in [2.75, 3.05) is 6.26 Å². The smallest absolute Gasteiger partial charge is 0.175 e. The van der Waals surface area contributed by atoms with Gasteiger partial charge in [0.25, 0.3) is 0 Å². The minimum atomic E-state index is -3.15. The van der Waals surface area contributed by atoms with Gasteiger partial charge in [-0.25, -0.2) is 8.42 Å². The molecule has 25 heavy (non-hydrogen) atoms. The predicted octanol–water partition coefficient (Wildman–Crippen LogP) is 2.87. The number of benzene rings is 1. The molecule has 0 bridgehead atoms. The van der Waals surface area contributed by atoms with Gasteiger partial charge in [0.2, 0.25) is 0 Å². The van der Waals surface area contributed by atoms with Gasteiger partial charge in [-0.2, -0.15) is 0 Å². The minimum absolute atomic E-state index is 0.0710. The van der Waals surface area contributed by atoms with E-state index >= 15 is 0 Å². The number of hydrogen-bond acceptors (Lipinski definition) is 4. The molecule has 0 saturated heterocycles. The normalized spacial score (nSPS) is 16.9. The second-order valence-corrected chi connectivity index (χ2v) is 11.0. The van der Waals surface area contributed by atoms with E-state index in [4.69, 9.17) is 8.85 Å². The van der Waals surface area contributed by atoms with Crippen molar-refractivity contribution >= 4 is 29.4 Å². The number of rotatable bonds is 11. The molecule has 0 aliphatic carbocycles. The van der Waals surface area contributed by atoms with Crippen LogP contribution >= 0.6 is 0 Å². The lowest BCUT2D eigenvalue weighted by molar-refractivity contribution is -0.0363. The van der Waals surface area contributed by atoms with Crippen LogP contribution in [0.1, 0.15) is 45.1 Å². The Kier molecular flexibility index (Phi) is 9.58. The van der Waals surface area contributed by atoms with Gasteiger partial charge in [0.1, 0.15) is 6.29 Å². The third-order valence-corrected chi connectivity index (χ3v) is 6.77. The van der Waals surface area contributed by atoms with Crippen LogP contribution in [-0.2, 0) is 18.7 Å². The molecular formula is C18H34O4SSi2. The Morgan fingerprint density at radius 3 is 1.88 bits per heavy atom. The van der Waals surface area contributed by atoms with Crippen LogP contribution in [0, 0.1) is 11.8 Å². The van der Waals surface area contributed by atoms with Crippen molar-refractivity contribution in [1.82, 2.24) is 0 Å². The average molecular weight is 403 g/mol. The lowest BCUT2D eigenvalue weighted by atomic mass is 9.83. The van der Waals surface area contributed by atoms with E-state index in [0.29, 0.717) is 22.6 Å². The maximum atomic E-state index is 11.7. The van der Waals surface area contributed by atoms with Gasteiger partial charge >= 0.3 is 0 Å². The highest BCUT2D eigenvalue weighted by Gasteiger charge is 2.23. The Hall–Kier alpha value is -0.476. The molecule has 1 aromatic rings. The summed E-state index contributed by atoms with van der Waals surface area (Å²) in [6, 6.07) is 7.39. The van der Waals surface area contributed by atoms with Gasteiger partial charge in [0, 0.05) is 12.2 Å². The molecule has 0 fully saturated rings. The van der Waals surface area contributed by atoms with E-state index in [1.165, 1.54) is 11.8 Å². The Balaban J connectivity index is 2.96. The van der Waals surface area contributed by atoms with E-state index in [1.54, 1.807) is 12.1 Å². The SMILES string of the molecule is C[SiH2]OC(O[SiH2]C)C(C)CC(CC(C)C)c1ccc(S(C)(=O)=O)cc1. The lowest BCUT2D eigenvalue weighted by Crippen LogP contribution is -2.28. The van der Waals surface area contributed by atoms with Gasteiger partial charge in [-0.15, -0.1) is 0 Å². The molecule has 4 nitrogen and oxygen atoms in total. The van der Waals surface area contributed by atoms with Crippen LogP contribution in [0.3, 0.4) is 0 Å². The summed E-state index contributed by atoms with van der Waals surface area (Å²) in [5.74, 6) is 1.29. The molecule has 7 heteroatoms. The summed E-state index contributed by atoms with van der Waals surface area (Å²) in [6.45, 7) is 10.9. The summed E-state index contributed by atoms with van der Waals surface area (Å²) in [5.41, 5.74) is 1.20. The quantitative estimate of drug-likeness (QED) is 0.422. The summed E-state index contributed by atoms with van der Waals surface area (Å²) < 4.78 is 35.2. The summed E-state index contributed by atoms with van der Waals surface area (Å²) >= 11 is 0. The van der Waals surface area contributed by atoms with Gasteiger partial charge < -0.3 is 8.85 Å². The molecule has 144 valence electrons. The third kappa shape index (κ3) is 7.74.